The van der Waals surface area contributed by atoms with Crippen molar-refractivity contribution in [1.29, 1.82) is 0 Å². The lowest BCUT2D eigenvalue weighted by Crippen LogP contribution is -2.13. The molecule has 0 aromatic heterocycles. The number of carbonyl (C=O) groups is 1. The summed E-state index contributed by atoms with van der Waals surface area (Å²) < 4.78 is 0. The van der Waals surface area contributed by atoms with E-state index in [1.165, 1.54) is 0 Å². The van der Waals surface area contributed by atoms with E-state index in [-0.39, 0.29) is 5.78 Å². The van der Waals surface area contributed by atoms with Crippen molar-refractivity contribution in [3.63, 3.8) is 0 Å². The summed E-state index contributed by atoms with van der Waals surface area (Å²) in [5.74, 6) is 0.118. The highest BCUT2D eigenvalue weighted by Crippen LogP contribution is 2.25. The number of para-hydroxylation sites is 2. The molecular formula is C17H18N2O. The van der Waals surface area contributed by atoms with Crippen molar-refractivity contribution in [2.45, 2.75) is 20.3 Å². The molecule has 0 atom stereocenters. The maximum absolute atomic E-state index is 11.2. The molecule has 0 N–H and O–H groups in total. The lowest BCUT2D eigenvalue weighted by molar-refractivity contribution is -0.115. The van der Waals surface area contributed by atoms with E-state index < -0.39 is 0 Å². The first-order valence-corrected chi connectivity index (χ1v) is 6.60. The van der Waals surface area contributed by atoms with Crippen LogP contribution in [-0.2, 0) is 4.79 Å². The SMILES string of the molecule is CC(=O)CC(C)=NN(c1ccccc1)c1ccccc1. The van der Waals surface area contributed by atoms with Gasteiger partial charge in [-0.05, 0) is 38.1 Å². The fourth-order valence-corrected chi connectivity index (χ4v) is 1.97. The average Bonchev–Trinajstić information content (AvgIpc) is 2.46. The summed E-state index contributed by atoms with van der Waals surface area (Å²) in [6.07, 6.45) is 0.371. The first-order chi connectivity index (χ1) is 9.66. The molecule has 0 heterocycles. The van der Waals surface area contributed by atoms with Crippen molar-refractivity contribution in [2.24, 2.45) is 5.10 Å². The Kier molecular flexibility index (Phi) is 4.66. The largest absolute Gasteiger partial charge is 0.300 e. The molecular weight excluding hydrogens is 248 g/mol. The molecule has 2 rings (SSSR count). The summed E-state index contributed by atoms with van der Waals surface area (Å²) in [5, 5.41) is 6.45. The van der Waals surface area contributed by atoms with Gasteiger partial charge < -0.3 is 0 Å². The van der Waals surface area contributed by atoms with E-state index in [1.54, 1.807) is 6.92 Å². The molecule has 3 heteroatoms. The first-order valence-electron chi connectivity index (χ1n) is 6.60. The Labute approximate surface area is 119 Å². The molecule has 0 fully saturated rings. The number of nitrogens with zero attached hydrogens (tertiary/aromatic N) is 2. The highest BCUT2D eigenvalue weighted by Gasteiger charge is 2.08. The van der Waals surface area contributed by atoms with Crippen molar-refractivity contribution in [3.8, 4) is 0 Å². The van der Waals surface area contributed by atoms with Gasteiger partial charge in [-0.15, -0.1) is 0 Å². The summed E-state index contributed by atoms with van der Waals surface area (Å²) in [6, 6.07) is 19.8. The minimum Gasteiger partial charge on any atom is -0.300 e. The Balaban J connectivity index is 2.38. The minimum absolute atomic E-state index is 0.118. The van der Waals surface area contributed by atoms with E-state index in [2.05, 4.69) is 5.10 Å². The third-order valence-corrected chi connectivity index (χ3v) is 2.78. The summed E-state index contributed by atoms with van der Waals surface area (Å²) in [6.45, 7) is 3.45. The van der Waals surface area contributed by atoms with Crippen LogP contribution in [-0.4, -0.2) is 11.5 Å². The van der Waals surface area contributed by atoms with Crippen LogP contribution in [0.5, 0.6) is 0 Å². The van der Waals surface area contributed by atoms with Crippen molar-refractivity contribution >= 4 is 22.9 Å². The maximum Gasteiger partial charge on any atom is 0.135 e. The number of benzene rings is 2. The third kappa shape index (κ3) is 3.79. The van der Waals surface area contributed by atoms with Crippen molar-refractivity contribution in [2.75, 3.05) is 5.01 Å². The van der Waals surface area contributed by atoms with Gasteiger partial charge in [0, 0.05) is 12.1 Å². The molecule has 0 bridgehead atoms. The van der Waals surface area contributed by atoms with Gasteiger partial charge in [0.05, 0.1) is 11.4 Å². The first kappa shape index (κ1) is 14.0. The molecule has 0 aliphatic rings. The summed E-state index contributed by atoms with van der Waals surface area (Å²) in [5.41, 5.74) is 2.74. The number of hydrazone groups is 1. The van der Waals surface area contributed by atoms with Gasteiger partial charge in [0.1, 0.15) is 5.78 Å². The highest BCUT2D eigenvalue weighted by molar-refractivity contribution is 6.00. The number of rotatable bonds is 5. The summed E-state index contributed by atoms with van der Waals surface area (Å²) >= 11 is 0. The molecule has 20 heavy (non-hydrogen) atoms. The van der Waals surface area contributed by atoms with E-state index in [4.69, 9.17) is 0 Å². The average molecular weight is 266 g/mol. The Hall–Kier alpha value is -2.42. The van der Waals surface area contributed by atoms with Crippen LogP contribution >= 0.6 is 0 Å². The summed E-state index contributed by atoms with van der Waals surface area (Å²) in [4.78, 5) is 11.2. The van der Waals surface area contributed by atoms with Crippen LogP contribution in [0.15, 0.2) is 65.8 Å². The molecule has 3 nitrogen and oxygen atoms in total. The van der Waals surface area contributed by atoms with Crippen LogP contribution in [0.2, 0.25) is 0 Å². The fraction of sp³-hybridized carbons (Fsp3) is 0.176. The Morgan fingerprint density at radius 2 is 1.35 bits per heavy atom. The van der Waals surface area contributed by atoms with Crippen LogP contribution < -0.4 is 5.01 Å². The smallest absolute Gasteiger partial charge is 0.135 e. The standard InChI is InChI=1S/C17H18N2O/c1-14(13-15(2)20)18-19(16-9-5-3-6-10-16)17-11-7-4-8-12-17/h3-12H,13H2,1-2H3. The molecule has 0 saturated carbocycles. The molecule has 0 unspecified atom stereocenters. The lowest BCUT2D eigenvalue weighted by Gasteiger charge is -2.20. The Bertz CT molecular complexity index is 551. The topological polar surface area (TPSA) is 32.7 Å². The molecule has 0 aliphatic carbocycles. The van der Waals surface area contributed by atoms with Gasteiger partial charge >= 0.3 is 0 Å². The van der Waals surface area contributed by atoms with Gasteiger partial charge in [-0.25, -0.2) is 5.01 Å². The third-order valence-electron chi connectivity index (χ3n) is 2.78. The lowest BCUT2D eigenvalue weighted by atomic mass is 10.2. The van der Waals surface area contributed by atoms with Crippen LogP contribution in [0.1, 0.15) is 20.3 Å². The van der Waals surface area contributed by atoms with Gasteiger partial charge in [0.15, 0.2) is 0 Å². The zero-order valence-corrected chi connectivity index (χ0v) is 11.8. The Morgan fingerprint density at radius 3 is 1.75 bits per heavy atom. The highest BCUT2D eigenvalue weighted by atomic mass is 16.1. The van der Waals surface area contributed by atoms with Crippen LogP contribution in [0.25, 0.3) is 0 Å². The second-order valence-corrected chi connectivity index (χ2v) is 4.70. The summed E-state index contributed by atoms with van der Waals surface area (Å²) in [7, 11) is 0. The van der Waals surface area contributed by atoms with Crippen LogP contribution in [0, 0.1) is 0 Å². The normalized spacial score (nSPS) is 11.2. The molecule has 0 spiro atoms. The predicted molar refractivity (Wildman–Crippen MR) is 83.4 cm³/mol. The van der Waals surface area contributed by atoms with Crippen LogP contribution in [0.4, 0.5) is 11.4 Å². The minimum atomic E-state index is 0.118. The number of hydrogen-bond donors (Lipinski definition) is 0. The molecule has 2 aromatic carbocycles. The van der Waals surface area contributed by atoms with Crippen molar-refractivity contribution < 1.29 is 4.79 Å². The van der Waals surface area contributed by atoms with Gasteiger partial charge in [0.2, 0.25) is 0 Å². The molecule has 102 valence electrons. The van der Waals surface area contributed by atoms with Crippen LogP contribution in [0.3, 0.4) is 0 Å². The predicted octanol–water partition coefficient (Wildman–Crippen LogP) is 4.18. The molecule has 0 radical (unpaired) electrons. The van der Waals surface area contributed by atoms with E-state index in [0.717, 1.165) is 17.1 Å². The van der Waals surface area contributed by atoms with Crippen molar-refractivity contribution in [1.82, 2.24) is 0 Å². The maximum atomic E-state index is 11.2. The van der Waals surface area contributed by atoms with Gasteiger partial charge in [-0.2, -0.15) is 5.10 Å². The number of hydrogen-bond acceptors (Lipinski definition) is 3. The number of anilines is 2. The van der Waals surface area contributed by atoms with Gasteiger partial charge in [-0.3, -0.25) is 4.79 Å². The second-order valence-electron chi connectivity index (χ2n) is 4.70. The van der Waals surface area contributed by atoms with E-state index >= 15 is 0 Å². The monoisotopic (exact) mass is 266 g/mol. The number of Topliss-reactive ketones (excluding diaryl/α,β-unsaturated/α-hetero) is 1. The number of ketones is 1. The zero-order chi connectivity index (χ0) is 14.4. The molecule has 0 saturated heterocycles. The fourth-order valence-electron chi connectivity index (χ4n) is 1.97. The zero-order valence-electron chi connectivity index (χ0n) is 11.8. The second kappa shape index (κ2) is 6.66. The molecule has 2 aromatic rings. The van der Waals surface area contributed by atoms with Gasteiger partial charge in [-0.1, -0.05) is 36.4 Å². The van der Waals surface area contributed by atoms with Crippen molar-refractivity contribution in [3.05, 3.63) is 60.7 Å². The number of carbonyl (C=O) groups excluding carboxylic acids is 1. The van der Waals surface area contributed by atoms with E-state index in [0.29, 0.717) is 6.42 Å². The quantitative estimate of drug-likeness (QED) is 0.600. The van der Waals surface area contributed by atoms with Gasteiger partial charge in [0.25, 0.3) is 0 Å². The Morgan fingerprint density at radius 1 is 0.900 bits per heavy atom. The van der Waals surface area contributed by atoms with E-state index in [9.17, 15) is 4.79 Å². The molecule has 0 amide bonds. The van der Waals surface area contributed by atoms with E-state index in [1.807, 2.05) is 72.6 Å². The molecule has 0 aliphatic heterocycles.